The fourth-order valence-electron chi connectivity index (χ4n) is 2.29. The molecule has 0 radical (unpaired) electrons. The van der Waals surface area contributed by atoms with Crippen LogP contribution in [0.4, 0.5) is 17.3 Å². The summed E-state index contributed by atoms with van der Waals surface area (Å²) in [5.74, 6) is 0.225. The number of thioether (sulfide) groups is 1. The number of anilines is 2. The highest BCUT2D eigenvalue weighted by Crippen LogP contribution is 2.24. The number of hydrazone groups is 1. The number of aromatic amines is 1. The quantitative estimate of drug-likeness (QED) is 0.188. The van der Waals surface area contributed by atoms with Gasteiger partial charge < -0.3 is 5.32 Å². The molecule has 30 heavy (non-hydrogen) atoms. The number of hydrogen-bond donors (Lipinski definition) is 3. The summed E-state index contributed by atoms with van der Waals surface area (Å²) in [4.78, 5) is 26.6. The zero-order valence-electron chi connectivity index (χ0n) is 15.6. The van der Waals surface area contributed by atoms with Gasteiger partial charge in [0, 0.05) is 22.2 Å². The zero-order valence-corrected chi connectivity index (χ0v) is 18.0. The number of hydrogen-bond acceptors (Lipinski definition) is 8. The minimum absolute atomic E-state index is 0.0201. The molecule has 12 heteroatoms. The number of aryl methyl sites for hydroxylation is 1. The molecule has 3 N–H and O–H groups in total. The summed E-state index contributed by atoms with van der Waals surface area (Å²) in [5.41, 5.74) is 4.97. The second-order valence-corrected chi connectivity index (χ2v) is 7.81. The van der Waals surface area contributed by atoms with Crippen LogP contribution >= 0.6 is 27.7 Å². The Hall–Kier alpha value is -3.25. The van der Waals surface area contributed by atoms with Crippen LogP contribution in [0.5, 0.6) is 0 Å². The van der Waals surface area contributed by atoms with E-state index in [1.54, 1.807) is 12.1 Å². The minimum atomic E-state index is -0.474. The van der Waals surface area contributed by atoms with Crippen LogP contribution in [0.1, 0.15) is 11.1 Å². The normalized spacial score (nSPS) is 10.9. The molecule has 0 aliphatic heterocycles. The van der Waals surface area contributed by atoms with E-state index >= 15 is 0 Å². The predicted octanol–water partition coefficient (Wildman–Crippen LogP) is 3.96. The number of aromatic nitrogens is 3. The number of nitrogens with zero attached hydrogens (tertiary/aromatic N) is 4. The van der Waals surface area contributed by atoms with Crippen LogP contribution in [0, 0.1) is 17.0 Å². The van der Waals surface area contributed by atoms with Gasteiger partial charge in [0.1, 0.15) is 0 Å². The van der Waals surface area contributed by atoms with Gasteiger partial charge in [-0.25, -0.2) is 10.5 Å². The van der Waals surface area contributed by atoms with Gasteiger partial charge in [-0.3, -0.25) is 14.9 Å². The molecule has 0 aliphatic rings. The molecule has 0 unspecified atom stereocenters. The van der Waals surface area contributed by atoms with Gasteiger partial charge in [-0.05, 0) is 40.5 Å². The molecule has 1 aromatic heterocycles. The van der Waals surface area contributed by atoms with Crippen molar-refractivity contribution < 1.29 is 9.72 Å². The van der Waals surface area contributed by atoms with E-state index in [0.717, 1.165) is 21.8 Å². The lowest BCUT2D eigenvalue weighted by Crippen LogP contribution is -2.14. The van der Waals surface area contributed by atoms with Gasteiger partial charge in [-0.15, -0.1) is 5.10 Å². The number of carbonyl (C=O) groups excluding carboxylic acids is 1. The van der Waals surface area contributed by atoms with E-state index in [1.807, 2.05) is 25.1 Å². The molecular formula is C18H16BrN7O3S. The Morgan fingerprint density at radius 3 is 2.97 bits per heavy atom. The minimum Gasteiger partial charge on any atom is -0.324 e. The summed E-state index contributed by atoms with van der Waals surface area (Å²) < 4.78 is 0.812. The predicted molar refractivity (Wildman–Crippen MR) is 119 cm³/mol. The molecule has 1 heterocycles. The van der Waals surface area contributed by atoms with Crippen LogP contribution < -0.4 is 10.7 Å². The molecule has 3 aromatic rings. The maximum Gasteiger partial charge on any atom is 0.270 e. The van der Waals surface area contributed by atoms with Crippen molar-refractivity contribution in [1.29, 1.82) is 0 Å². The second-order valence-electron chi connectivity index (χ2n) is 6.01. The molecule has 0 fully saturated rings. The Bertz CT molecular complexity index is 1100. The highest BCUT2D eigenvalue weighted by molar-refractivity contribution is 9.10. The van der Waals surface area contributed by atoms with E-state index in [2.05, 4.69) is 47.0 Å². The molecular weight excluding hydrogens is 474 g/mol. The van der Waals surface area contributed by atoms with Crippen molar-refractivity contribution in [3.63, 3.8) is 0 Å². The smallest absolute Gasteiger partial charge is 0.270 e. The van der Waals surface area contributed by atoms with Crippen molar-refractivity contribution in [3.05, 3.63) is 68.2 Å². The van der Waals surface area contributed by atoms with Crippen molar-refractivity contribution in [1.82, 2.24) is 15.2 Å². The molecule has 0 bridgehead atoms. The van der Waals surface area contributed by atoms with Crippen molar-refractivity contribution in [2.24, 2.45) is 5.10 Å². The first kappa shape index (κ1) is 21.5. The van der Waals surface area contributed by atoms with E-state index in [-0.39, 0.29) is 23.3 Å². The number of nitrogens with one attached hydrogen (secondary N) is 3. The van der Waals surface area contributed by atoms with Crippen molar-refractivity contribution in [2.45, 2.75) is 12.1 Å². The van der Waals surface area contributed by atoms with Crippen LogP contribution in [-0.4, -0.2) is 38.0 Å². The first-order chi connectivity index (χ1) is 14.4. The summed E-state index contributed by atoms with van der Waals surface area (Å²) >= 11 is 4.59. The number of nitro benzene ring substituents is 1. The summed E-state index contributed by atoms with van der Waals surface area (Å²) in [5, 5.41) is 24.6. The zero-order chi connectivity index (χ0) is 21.5. The molecule has 3 rings (SSSR count). The van der Waals surface area contributed by atoms with E-state index in [1.165, 1.54) is 18.3 Å². The van der Waals surface area contributed by atoms with E-state index in [4.69, 9.17) is 0 Å². The van der Waals surface area contributed by atoms with Crippen LogP contribution in [0.15, 0.2) is 57.2 Å². The van der Waals surface area contributed by atoms with Gasteiger partial charge >= 0.3 is 0 Å². The fraction of sp³-hybridized carbons (Fsp3) is 0.111. The average molecular weight is 490 g/mol. The molecule has 0 aliphatic carbocycles. The van der Waals surface area contributed by atoms with Crippen LogP contribution in [0.25, 0.3) is 0 Å². The van der Waals surface area contributed by atoms with Gasteiger partial charge in [0.05, 0.1) is 22.6 Å². The summed E-state index contributed by atoms with van der Waals surface area (Å²) in [7, 11) is 0. The molecule has 0 atom stereocenters. The number of nitro groups is 1. The fourth-order valence-corrected chi connectivity index (χ4v) is 3.48. The Kier molecular flexibility index (Phi) is 7.14. The third-order valence-electron chi connectivity index (χ3n) is 3.66. The number of amides is 1. The number of halogens is 1. The highest BCUT2D eigenvalue weighted by Gasteiger charge is 2.10. The molecule has 2 aromatic carbocycles. The Morgan fingerprint density at radius 2 is 2.20 bits per heavy atom. The van der Waals surface area contributed by atoms with Gasteiger partial charge in [-0.1, -0.05) is 30.0 Å². The lowest BCUT2D eigenvalue weighted by atomic mass is 10.2. The number of rotatable bonds is 8. The maximum absolute atomic E-state index is 12.1. The van der Waals surface area contributed by atoms with Gasteiger partial charge in [0.15, 0.2) is 0 Å². The molecule has 0 spiro atoms. The largest absolute Gasteiger partial charge is 0.324 e. The SMILES string of the molecule is Cc1ccc(NC(=O)CSc2n[nH]c(N/N=C/c3cccc([N+](=O)[O-])c3)n2)c(Br)c1. The third-order valence-corrected chi connectivity index (χ3v) is 5.16. The molecule has 0 saturated heterocycles. The summed E-state index contributed by atoms with van der Waals surface area (Å²) in [6.45, 7) is 1.97. The Balaban J connectivity index is 1.49. The monoisotopic (exact) mass is 489 g/mol. The summed E-state index contributed by atoms with van der Waals surface area (Å²) in [6.07, 6.45) is 1.43. The van der Waals surface area contributed by atoms with Gasteiger partial charge in [0.2, 0.25) is 17.0 Å². The number of non-ortho nitro benzene ring substituents is 1. The van der Waals surface area contributed by atoms with Crippen LogP contribution in [0.2, 0.25) is 0 Å². The number of benzene rings is 2. The standard InChI is InChI=1S/C18H16BrN7O3S/c1-11-5-6-15(14(19)7-11)21-16(27)10-30-18-22-17(24-25-18)23-20-9-12-3-2-4-13(8-12)26(28)29/h2-9H,10H2,1H3,(H,21,27)(H2,22,23,24,25)/b20-9+. The van der Waals surface area contributed by atoms with E-state index in [0.29, 0.717) is 16.4 Å². The second kappa shape index (κ2) is 9.98. The molecule has 154 valence electrons. The maximum atomic E-state index is 12.1. The average Bonchev–Trinajstić information content (AvgIpc) is 3.16. The highest BCUT2D eigenvalue weighted by atomic mass is 79.9. The summed E-state index contributed by atoms with van der Waals surface area (Å²) in [6, 6.07) is 11.7. The topological polar surface area (TPSA) is 138 Å². The van der Waals surface area contributed by atoms with E-state index in [9.17, 15) is 14.9 Å². The first-order valence-electron chi connectivity index (χ1n) is 8.55. The molecule has 0 saturated carbocycles. The molecule has 1 amide bonds. The molecule has 10 nitrogen and oxygen atoms in total. The number of H-pyrrole nitrogens is 1. The Morgan fingerprint density at radius 1 is 1.37 bits per heavy atom. The number of carbonyl (C=O) groups is 1. The first-order valence-corrected chi connectivity index (χ1v) is 10.3. The third kappa shape index (κ3) is 6.12. The lowest BCUT2D eigenvalue weighted by Gasteiger charge is -2.07. The van der Waals surface area contributed by atoms with Gasteiger partial charge in [0.25, 0.3) is 5.69 Å². The Labute approximate surface area is 183 Å². The van der Waals surface area contributed by atoms with Crippen molar-refractivity contribution in [2.75, 3.05) is 16.5 Å². The van der Waals surface area contributed by atoms with Crippen molar-refractivity contribution in [3.8, 4) is 0 Å². The van der Waals surface area contributed by atoms with Crippen molar-refractivity contribution >= 4 is 57.1 Å². The van der Waals surface area contributed by atoms with Gasteiger partial charge in [-0.2, -0.15) is 10.1 Å². The van der Waals surface area contributed by atoms with Crippen LogP contribution in [0.3, 0.4) is 0 Å². The van der Waals surface area contributed by atoms with Crippen LogP contribution in [-0.2, 0) is 4.79 Å². The van der Waals surface area contributed by atoms with E-state index < -0.39 is 4.92 Å². The lowest BCUT2D eigenvalue weighted by molar-refractivity contribution is -0.384.